The van der Waals surface area contributed by atoms with E-state index in [1.165, 1.54) is 11.8 Å². The van der Waals surface area contributed by atoms with Gasteiger partial charge in [-0.15, -0.1) is 11.8 Å². The molecule has 0 aliphatic heterocycles. The van der Waals surface area contributed by atoms with Crippen molar-refractivity contribution in [2.75, 3.05) is 18.7 Å². The summed E-state index contributed by atoms with van der Waals surface area (Å²) < 4.78 is 6.88. The van der Waals surface area contributed by atoms with Crippen molar-refractivity contribution in [2.24, 2.45) is 0 Å². The molecule has 0 bridgehead atoms. The summed E-state index contributed by atoms with van der Waals surface area (Å²) in [6.45, 7) is 0.381. The lowest BCUT2D eigenvalue weighted by molar-refractivity contribution is 0.415. The van der Waals surface area contributed by atoms with Crippen LogP contribution >= 0.6 is 11.8 Å². The number of fused-ring (bicyclic) bond motifs is 1. The van der Waals surface area contributed by atoms with E-state index in [0.29, 0.717) is 28.4 Å². The molecule has 4 rings (SSSR count). The van der Waals surface area contributed by atoms with Crippen LogP contribution in [0.15, 0.2) is 64.4 Å². The third-order valence-corrected chi connectivity index (χ3v) is 4.97. The fourth-order valence-electron chi connectivity index (χ4n) is 2.91. The molecule has 0 aliphatic carbocycles. The minimum atomic E-state index is -0.192. The Hall–Kier alpha value is -3.26. The van der Waals surface area contributed by atoms with E-state index in [4.69, 9.17) is 4.74 Å². The second-order valence-electron chi connectivity index (χ2n) is 6.05. The molecule has 0 saturated carbocycles. The van der Waals surface area contributed by atoms with Gasteiger partial charge in [-0.3, -0.25) is 4.79 Å². The average molecular weight is 393 g/mol. The molecule has 8 heteroatoms. The fraction of sp³-hybridized carbons (Fsp3) is 0.150. The molecular weight excluding hydrogens is 374 g/mol. The normalized spacial score (nSPS) is 10.9. The van der Waals surface area contributed by atoms with Gasteiger partial charge in [0.2, 0.25) is 0 Å². The Morgan fingerprint density at radius 2 is 1.89 bits per heavy atom. The molecule has 142 valence electrons. The van der Waals surface area contributed by atoms with Gasteiger partial charge in [0.25, 0.3) is 5.56 Å². The number of H-pyrrole nitrogens is 1. The maximum absolute atomic E-state index is 12.7. The van der Waals surface area contributed by atoms with Crippen LogP contribution in [0.4, 0.5) is 5.69 Å². The average Bonchev–Trinajstić information content (AvgIpc) is 3.12. The van der Waals surface area contributed by atoms with Crippen molar-refractivity contribution in [3.05, 3.63) is 70.8 Å². The lowest BCUT2D eigenvalue weighted by atomic mass is 10.3. The van der Waals surface area contributed by atoms with Crippen molar-refractivity contribution in [1.82, 2.24) is 19.7 Å². The predicted octanol–water partition coefficient (Wildman–Crippen LogP) is 3.45. The van der Waals surface area contributed by atoms with Crippen LogP contribution in [0.1, 0.15) is 5.82 Å². The Kier molecular flexibility index (Phi) is 5.03. The summed E-state index contributed by atoms with van der Waals surface area (Å²) in [5.41, 5.74) is 2.12. The Morgan fingerprint density at radius 3 is 2.57 bits per heavy atom. The third-order valence-electron chi connectivity index (χ3n) is 4.30. The number of para-hydroxylation sites is 1. The van der Waals surface area contributed by atoms with Gasteiger partial charge in [-0.25, -0.2) is 9.67 Å². The van der Waals surface area contributed by atoms with Crippen LogP contribution in [0.3, 0.4) is 0 Å². The van der Waals surface area contributed by atoms with Crippen molar-refractivity contribution in [3.8, 4) is 11.4 Å². The number of methoxy groups -OCH3 is 1. The molecule has 0 spiro atoms. The summed E-state index contributed by atoms with van der Waals surface area (Å²) in [5, 5.41) is 9.00. The molecular formula is C20H19N5O2S. The summed E-state index contributed by atoms with van der Waals surface area (Å²) in [6.07, 6.45) is 1.90. The number of nitrogens with one attached hydrogen (secondary N) is 2. The molecule has 7 nitrogen and oxygen atoms in total. The molecule has 2 heterocycles. The van der Waals surface area contributed by atoms with Gasteiger partial charge in [0.05, 0.1) is 19.3 Å². The van der Waals surface area contributed by atoms with E-state index >= 15 is 0 Å². The fourth-order valence-corrected chi connectivity index (χ4v) is 3.46. The summed E-state index contributed by atoms with van der Waals surface area (Å²) in [6, 6.07) is 17.2. The van der Waals surface area contributed by atoms with Gasteiger partial charge in [-0.05, 0) is 42.7 Å². The SMILES string of the molecule is COc1ccc(NCc2nc3c(c(SC)nn3-c3ccccc3)c(=O)[nH]2)cc1. The number of nitrogens with zero attached hydrogens (tertiary/aromatic N) is 3. The van der Waals surface area contributed by atoms with Gasteiger partial charge in [0, 0.05) is 5.69 Å². The Bertz CT molecular complexity index is 1150. The lowest BCUT2D eigenvalue weighted by Crippen LogP contribution is -2.15. The number of ether oxygens (including phenoxy) is 1. The van der Waals surface area contributed by atoms with Gasteiger partial charge >= 0.3 is 0 Å². The number of aromatic nitrogens is 4. The molecule has 0 fully saturated rings. The topological polar surface area (TPSA) is 84.8 Å². The quantitative estimate of drug-likeness (QED) is 0.488. The van der Waals surface area contributed by atoms with E-state index in [-0.39, 0.29) is 5.56 Å². The van der Waals surface area contributed by atoms with Crippen molar-refractivity contribution in [3.63, 3.8) is 0 Å². The van der Waals surface area contributed by atoms with Crippen molar-refractivity contribution >= 4 is 28.5 Å². The van der Waals surface area contributed by atoms with Gasteiger partial charge in [0.15, 0.2) is 5.65 Å². The van der Waals surface area contributed by atoms with Crippen LogP contribution in [0.2, 0.25) is 0 Å². The van der Waals surface area contributed by atoms with E-state index in [2.05, 4.69) is 20.4 Å². The van der Waals surface area contributed by atoms with Gasteiger partial charge < -0.3 is 15.0 Å². The molecule has 0 amide bonds. The zero-order valence-corrected chi connectivity index (χ0v) is 16.3. The van der Waals surface area contributed by atoms with Crippen LogP contribution < -0.4 is 15.6 Å². The molecule has 0 atom stereocenters. The predicted molar refractivity (Wildman–Crippen MR) is 112 cm³/mol. The molecule has 2 N–H and O–H groups in total. The number of aromatic amines is 1. The Balaban J connectivity index is 1.71. The zero-order chi connectivity index (χ0) is 19.5. The molecule has 0 aliphatic rings. The molecule has 0 saturated heterocycles. The second-order valence-corrected chi connectivity index (χ2v) is 6.84. The molecule has 28 heavy (non-hydrogen) atoms. The molecule has 4 aromatic rings. The van der Waals surface area contributed by atoms with E-state index in [1.54, 1.807) is 11.8 Å². The van der Waals surface area contributed by atoms with Crippen molar-refractivity contribution in [2.45, 2.75) is 11.6 Å². The van der Waals surface area contributed by atoms with Gasteiger partial charge in [-0.1, -0.05) is 18.2 Å². The van der Waals surface area contributed by atoms with Crippen molar-refractivity contribution < 1.29 is 4.74 Å². The highest BCUT2D eigenvalue weighted by Gasteiger charge is 2.17. The van der Waals surface area contributed by atoms with E-state index in [0.717, 1.165) is 17.1 Å². The van der Waals surface area contributed by atoms with Crippen molar-refractivity contribution in [1.29, 1.82) is 0 Å². The highest BCUT2D eigenvalue weighted by molar-refractivity contribution is 7.98. The van der Waals surface area contributed by atoms with E-state index in [9.17, 15) is 4.79 Å². The summed E-state index contributed by atoms with van der Waals surface area (Å²) in [7, 11) is 1.63. The first-order valence-corrected chi connectivity index (χ1v) is 9.91. The molecule has 0 radical (unpaired) electrons. The second kappa shape index (κ2) is 7.77. The van der Waals surface area contributed by atoms with Gasteiger partial charge in [-0.2, -0.15) is 5.10 Å². The number of rotatable bonds is 6. The van der Waals surface area contributed by atoms with E-state index < -0.39 is 0 Å². The third kappa shape index (κ3) is 3.46. The first-order valence-electron chi connectivity index (χ1n) is 8.69. The monoisotopic (exact) mass is 393 g/mol. The molecule has 0 unspecified atom stereocenters. The smallest absolute Gasteiger partial charge is 0.263 e. The Morgan fingerprint density at radius 1 is 1.14 bits per heavy atom. The maximum Gasteiger partial charge on any atom is 0.263 e. The lowest BCUT2D eigenvalue weighted by Gasteiger charge is -2.08. The molecule has 2 aromatic carbocycles. The number of hydrogen-bond donors (Lipinski definition) is 2. The zero-order valence-electron chi connectivity index (χ0n) is 15.5. The van der Waals surface area contributed by atoms with Crippen LogP contribution in [0.5, 0.6) is 5.75 Å². The number of anilines is 1. The minimum absolute atomic E-state index is 0.192. The van der Waals surface area contributed by atoms with Gasteiger partial charge in [0.1, 0.15) is 22.0 Å². The molecule has 2 aromatic heterocycles. The van der Waals surface area contributed by atoms with Crippen LogP contribution in [-0.2, 0) is 6.54 Å². The van der Waals surface area contributed by atoms with Crippen LogP contribution in [0, 0.1) is 0 Å². The largest absolute Gasteiger partial charge is 0.497 e. The Labute approximate surface area is 165 Å². The summed E-state index contributed by atoms with van der Waals surface area (Å²) in [4.78, 5) is 20.2. The minimum Gasteiger partial charge on any atom is -0.497 e. The summed E-state index contributed by atoms with van der Waals surface area (Å²) >= 11 is 1.43. The van der Waals surface area contributed by atoms with E-state index in [1.807, 2.05) is 60.9 Å². The highest BCUT2D eigenvalue weighted by Crippen LogP contribution is 2.24. The number of hydrogen-bond acceptors (Lipinski definition) is 6. The van der Waals surface area contributed by atoms with Crippen LogP contribution in [0.25, 0.3) is 16.7 Å². The first-order chi connectivity index (χ1) is 13.7. The maximum atomic E-state index is 12.7. The number of benzene rings is 2. The number of thioether (sulfide) groups is 1. The summed E-state index contributed by atoms with van der Waals surface area (Å²) in [5.74, 6) is 1.33. The van der Waals surface area contributed by atoms with Crippen LogP contribution in [-0.4, -0.2) is 33.1 Å². The standard InChI is InChI=1S/C20H19N5O2S/c1-27-15-10-8-13(9-11-15)21-12-16-22-18-17(19(26)23-16)20(28-2)24-25(18)14-6-4-3-5-7-14/h3-11,21H,12H2,1-2H3,(H,22,23,26). The first kappa shape index (κ1) is 18.1. The highest BCUT2D eigenvalue weighted by atomic mass is 32.2.